The van der Waals surface area contributed by atoms with Crippen LogP contribution < -0.4 is 9.54 Å². The number of thiazole rings is 1. The molecule has 0 bridgehead atoms. The van der Waals surface area contributed by atoms with Gasteiger partial charge in [-0.2, -0.15) is 4.99 Å². The number of benzene rings is 2. The van der Waals surface area contributed by atoms with Crippen LogP contribution >= 0.6 is 11.3 Å². The summed E-state index contributed by atoms with van der Waals surface area (Å²) >= 11 is 1.50. The Bertz CT molecular complexity index is 1000. The number of ether oxygens (including phenoxy) is 2. The molecule has 0 aliphatic carbocycles. The summed E-state index contributed by atoms with van der Waals surface area (Å²) in [5.74, 6) is 0.677. The van der Waals surface area contributed by atoms with Crippen molar-refractivity contribution in [2.75, 3.05) is 19.8 Å². The number of carbonyl (C=O) groups is 1. The summed E-state index contributed by atoms with van der Waals surface area (Å²) in [4.78, 5) is 17.7. The zero-order chi connectivity index (χ0) is 19.9. The lowest BCUT2D eigenvalue weighted by molar-refractivity contribution is -0.117. The van der Waals surface area contributed by atoms with E-state index in [1.165, 1.54) is 16.9 Å². The Morgan fingerprint density at radius 1 is 1.11 bits per heavy atom. The van der Waals surface area contributed by atoms with Gasteiger partial charge in [-0.3, -0.25) is 4.79 Å². The van der Waals surface area contributed by atoms with Crippen LogP contribution in [0.15, 0.2) is 47.5 Å². The second-order valence-electron chi connectivity index (χ2n) is 6.46. The fourth-order valence-corrected chi connectivity index (χ4v) is 4.04. The number of rotatable bonds is 8. The Morgan fingerprint density at radius 2 is 1.89 bits per heavy atom. The Kier molecular flexibility index (Phi) is 7.01. The fourth-order valence-electron chi connectivity index (χ4n) is 2.94. The predicted molar refractivity (Wildman–Crippen MR) is 113 cm³/mol. The molecule has 0 N–H and O–H groups in total. The third-order valence-electron chi connectivity index (χ3n) is 4.32. The van der Waals surface area contributed by atoms with Gasteiger partial charge in [-0.1, -0.05) is 41.2 Å². The molecule has 0 saturated carbocycles. The van der Waals surface area contributed by atoms with Gasteiger partial charge in [0.25, 0.3) is 5.91 Å². The Balaban J connectivity index is 1.93. The maximum Gasteiger partial charge on any atom is 0.252 e. The van der Waals surface area contributed by atoms with Crippen LogP contribution in [0.3, 0.4) is 0 Å². The molecule has 3 rings (SSSR count). The largest absolute Gasteiger partial charge is 0.494 e. The minimum atomic E-state index is -0.148. The molecule has 5 nitrogen and oxygen atoms in total. The van der Waals surface area contributed by atoms with Crippen molar-refractivity contribution in [3.05, 3.63) is 58.4 Å². The lowest BCUT2D eigenvalue weighted by Gasteiger charge is -2.06. The predicted octanol–water partition coefficient (Wildman–Crippen LogP) is 4.12. The third kappa shape index (κ3) is 5.09. The number of aryl methyl sites for hydroxylation is 1. The van der Waals surface area contributed by atoms with Crippen molar-refractivity contribution in [2.45, 2.75) is 33.7 Å². The molecule has 2 aromatic carbocycles. The first kappa shape index (κ1) is 20.3. The van der Waals surface area contributed by atoms with Crippen molar-refractivity contribution in [2.24, 2.45) is 4.99 Å². The zero-order valence-electron chi connectivity index (χ0n) is 16.6. The standard InChI is InChI=1S/C22H26N2O3S/c1-4-26-13-12-24-19-11-10-18(27-5-2)15-20(19)28-22(24)23-21(25)14-17-8-6-16(3)7-9-17/h6-11,15H,4-5,12-14H2,1-3H3. The molecule has 0 atom stereocenters. The van der Waals surface area contributed by atoms with Gasteiger partial charge in [0.2, 0.25) is 0 Å². The summed E-state index contributed by atoms with van der Waals surface area (Å²) in [7, 11) is 0. The van der Waals surface area contributed by atoms with E-state index in [9.17, 15) is 4.79 Å². The van der Waals surface area contributed by atoms with E-state index in [2.05, 4.69) is 9.56 Å². The topological polar surface area (TPSA) is 52.8 Å². The summed E-state index contributed by atoms with van der Waals surface area (Å²) in [6.07, 6.45) is 0.296. The fraction of sp³-hybridized carbons (Fsp3) is 0.364. The van der Waals surface area contributed by atoms with E-state index in [0.29, 0.717) is 37.6 Å². The number of fused-ring (bicyclic) bond motifs is 1. The van der Waals surface area contributed by atoms with E-state index in [1.54, 1.807) is 0 Å². The number of hydrogen-bond acceptors (Lipinski definition) is 4. The van der Waals surface area contributed by atoms with Gasteiger partial charge in [0.05, 0.1) is 29.9 Å². The molecule has 0 radical (unpaired) electrons. The number of hydrogen-bond donors (Lipinski definition) is 0. The summed E-state index contributed by atoms with van der Waals surface area (Å²) < 4.78 is 14.2. The quantitative estimate of drug-likeness (QED) is 0.537. The van der Waals surface area contributed by atoms with Crippen LogP contribution in [0.25, 0.3) is 10.2 Å². The second kappa shape index (κ2) is 9.66. The highest BCUT2D eigenvalue weighted by molar-refractivity contribution is 7.16. The van der Waals surface area contributed by atoms with Gasteiger partial charge in [-0.05, 0) is 44.5 Å². The van der Waals surface area contributed by atoms with Gasteiger partial charge in [-0.15, -0.1) is 0 Å². The molecule has 6 heteroatoms. The molecule has 1 heterocycles. The molecule has 0 spiro atoms. The normalized spacial score (nSPS) is 11.9. The van der Waals surface area contributed by atoms with Crippen LogP contribution in [0, 0.1) is 6.92 Å². The highest BCUT2D eigenvalue weighted by atomic mass is 32.1. The number of aromatic nitrogens is 1. The summed E-state index contributed by atoms with van der Waals surface area (Å²) in [5.41, 5.74) is 3.19. The monoisotopic (exact) mass is 398 g/mol. The molecule has 3 aromatic rings. The van der Waals surface area contributed by atoms with E-state index >= 15 is 0 Å². The van der Waals surface area contributed by atoms with E-state index < -0.39 is 0 Å². The molecular formula is C22H26N2O3S. The van der Waals surface area contributed by atoms with Crippen molar-refractivity contribution in [1.82, 2.24) is 4.57 Å². The average molecular weight is 399 g/mol. The molecule has 28 heavy (non-hydrogen) atoms. The van der Waals surface area contributed by atoms with Gasteiger partial charge in [0.1, 0.15) is 5.75 Å². The van der Waals surface area contributed by atoms with E-state index in [4.69, 9.17) is 9.47 Å². The summed E-state index contributed by atoms with van der Waals surface area (Å²) in [6, 6.07) is 14.0. The average Bonchev–Trinajstić information content (AvgIpc) is 3.00. The SMILES string of the molecule is CCOCCn1c(=NC(=O)Cc2ccc(C)cc2)sc2cc(OCC)ccc21. The first-order valence-electron chi connectivity index (χ1n) is 9.57. The maximum atomic E-state index is 12.6. The lowest BCUT2D eigenvalue weighted by Crippen LogP contribution is -2.20. The highest BCUT2D eigenvalue weighted by Gasteiger charge is 2.10. The Hall–Kier alpha value is -2.44. The lowest BCUT2D eigenvalue weighted by atomic mass is 10.1. The van der Waals surface area contributed by atoms with E-state index in [-0.39, 0.29) is 5.91 Å². The van der Waals surface area contributed by atoms with Crippen molar-refractivity contribution >= 4 is 27.5 Å². The molecule has 0 aliphatic heterocycles. The molecule has 0 unspecified atom stereocenters. The first-order valence-corrected chi connectivity index (χ1v) is 10.4. The van der Waals surface area contributed by atoms with Crippen LogP contribution in [-0.4, -0.2) is 30.3 Å². The van der Waals surface area contributed by atoms with E-state index in [0.717, 1.165) is 21.5 Å². The molecule has 1 amide bonds. The number of carbonyl (C=O) groups excluding carboxylic acids is 1. The molecular weight excluding hydrogens is 372 g/mol. The first-order chi connectivity index (χ1) is 13.6. The maximum absolute atomic E-state index is 12.6. The number of amides is 1. The molecule has 0 saturated heterocycles. The van der Waals surface area contributed by atoms with Crippen LogP contribution in [-0.2, 0) is 22.5 Å². The highest BCUT2D eigenvalue weighted by Crippen LogP contribution is 2.23. The molecule has 0 fully saturated rings. The minimum Gasteiger partial charge on any atom is -0.494 e. The van der Waals surface area contributed by atoms with Crippen LogP contribution in [0.1, 0.15) is 25.0 Å². The van der Waals surface area contributed by atoms with Gasteiger partial charge in [0.15, 0.2) is 4.80 Å². The van der Waals surface area contributed by atoms with Crippen LogP contribution in [0.2, 0.25) is 0 Å². The van der Waals surface area contributed by atoms with Gasteiger partial charge in [0, 0.05) is 13.2 Å². The second-order valence-corrected chi connectivity index (χ2v) is 7.47. The Labute approximate surface area is 169 Å². The Morgan fingerprint density at radius 3 is 2.61 bits per heavy atom. The van der Waals surface area contributed by atoms with Crippen molar-refractivity contribution in [3.63, 3.8) is 0 Å². The number of nitrogens with zero attached hydrogens (tertiary/aromatic N) is 2. The zero-order valence-corrected chi connectivity index (χ0v) is 17.4. The molecule has 1 aromatic heterocycles. The van der Waals surface area contributed by atoms with Crippen molar-refractivity contribution in [1.29, 1.82) is 0 Å². The van der Waals surface area contributed by atoms with E-state index in [1.807, 2.05) is 63.2 Å². The third-order valence-corrected chi connectivity index (χ3v) is 5.37. The smallest absolute Gasteiger partial charge is 0.252 e. The van der Waals surface area contributed by atoms with Crippen molar-refractivity contribution < 1.29 is 14.3 Å². The van der Waals surface area contributed by atoms with Crippen molar-refractivity contribution in [3.8, 4) is 5.75 Å². The van der Waals surface area contributed by atoms with Gasteiger partial charge in [-0.25, -0.2) is 0 Å². The van der Waals surface area contributed by atoms with Crippen LogP contribution in [0.5, 0.6) is 5.75 Å². The summed E-state index contributed by atoms with van der Waals surface area (Å²) in [5, 5.41) is 0. The summed E-state index contributed by atoms with van der Waals surface area (Å²) in [6.45, 7) is 8.48. The molecule has 0 aliphatic rings. The van der Waals surface area contributed by atoms with Crippen LogP contribution in [0.4, 0.5) is 0 Å². The minimum absolute atomic E-state index is 0.148. The van der Waals surface area contributed by atoms with Gasteiger partial charge >= 0.3 is 0 Å². The van der Waals surface area contributed by atoms with Gasteiger partial charge < -0.3 is 14.0 Å². The molecule has 148 valence electrons.